The van der Waals surface area contributed by atoms with Crippen LogP contribution in [0.5, 0.6) is 0 Å². The fraction of sp³-hybridized carbons (Fsp3) is 0.786. The zero-order valence-corrected chi connectivity index (χ0v) is 14.2. The van der Waals surface area contributed by atoms with Crippen LogP contribution >= 0.6 is 11.8 Å². The maximum absolute atomic E-state index is 11.4. The van der Waals surface area contributed by atoms with E-state index in [9.17, 15) is 14.4 Å². The summed E-state index contributed by atoms with van der Waals surface area (Å²) in [5.41, 5.74) is -0.500. The van der Waals surface area contributed by atoms with Crippen molar-refractivity contribution in [3.8, 4) is 0 Å². The largest absolute Gasteiger partial charge is 0.456 e. The summed E-state index contributed by atoms with van der Waals surface area (Å²) in [6, 6.07) is 0. The molecule has 1 aliphatic rings. The van der Waals surface area contributed by atoms with Crippen molar-refractivity contribution in [3.63, 3.8) is 0 Å². The number of thioether (sulfide) groups is 1. The molecule has 126 valence electrons. The van der Waals surface area contributed by atoms with Crippen molar-refractivity contribution in [1.29, 1.82) is 0 Å². The van der Waals surface area contributed by atoms with E-state index in [1.54, 1.807) is 6.92 Å². The van der Waals surface area contributed by atoms with Crippen LogP contribution in [-0.4, -0.2) is 53.5 Å². The van der Waals surface area contributed by atoms with E-state index in [2.05, 4.69) is 0 Å². The van der Waals surface area contributed by atoms with Gasteiger partial charge in [-0.05, 0) is 12.7 Å². The van der Waals surface area contributed by atoms with E-state index in [0.717, 1.165) is 5.75 Å². The van der Waals surface area contributed by atoms with Crippen molar-refractivity contribution in [1.82, 2.24) is 0 Å². The lowest BCUT2D eigenvalue weighted by Gasteiger charge is -2.43. The zero-order chi connectivity index (χ0) is 16.9. The normalized spacial score (nSPS) is 31.2. The van der Waals surface area contributed by atoms with E-state index >= 15 is 0 Å². The van der Waals surface area contributed by atoms with E-state index in [1.165, 1.54) is 32.5 Å². The molecule has 1 aliphatic heterocycles. The van der Waals surface area contributed by atoms with Gasteiger partial charge in [0.15, 0.2) is 18.3 Å². The molecule has 0 bridgehead atoms. The Hall–Kier alpha value is -1.28. The number of esters is 3. The Morgan fingerprint density at radius 2 is 1.36 bits per heavy atom. The first-order chi connectivity index (χ1) is 10.3. The van der Waals surface area contributed by atoms with Crippen molar-refractivity contribution >= 4 is 29.7 Å². The summed E-state index contributed by atoms with van der Waals surface area (Å²) >= 11 is 1.43. The molecule has 0 amide bonds. The lowest BCUT2D eigenvalue weighted by Crippen LogP contribution is -2.59. The Kier molecular flexibility index (Phi) is 7.15. The summed E-state index contributed by atoms with van der Waals surface area (Å²) < 4.78 is 21.6. The molecule has 22 heavy (non-hydrogen) atoms. The monoisotopic (exact) mass is 334 g/mol. The first-order valence-corrected chi connectivity index (χ1v) is 8.09. The second-order valence-corrected chi connectivity index (χ2v) is 6.26. The minimum atomic E-state index is -0.905. The molecule has 1 heterocycles. The fourth-order valence-corrected chi connectivity index (χ4v) is 3.25. The number of ether oxygens (including phenoxy) is 4. The molecule has 0 aromatic carbocycles. The van der Waals surface area contributed by atoms with Gasteiger partial charge in [-0.2, -0.15) is 0 Å². The van der Waals surface area contributed by atoms with Crippen LogP contribution in [-0.2, 0) is 33.3 Å². The first kappa shape index (κ1) is 18.8. The van der Waals surface area contributed by atoms with Crippen molar-refractivity contribution in [2.75, 3.05) is 5.75 Å². The quantitative estimate of drug-likeness (QED) is 0.549. The van der Waals surface area contributed by atoms with Crippen LogP contribution < -0.4 is 0 Å². The molecule has 0 aromatic rings. The molecule has 0 aromatic heterocycles. The van der Waals surface area contributed by atoms with Crippen molar-refractivity contribution in [2.24, 2.45) is 0 Å². The molecule has 0 radical (unpaired) electrons. The van der Waals surface area contributed by atoms with E-state index in [1.807, 2.05) is 6.92 Å². The topological polar surface area (TPSA) is 88.1 Å². The smallest absolute Gasteiger partial charge is 0.303 e. The van der Waals surface area contributed by atoms with Crippen LogP contribution in [0.15, 0.2) is 0 Å². The van der Waals surface area contributed by atoms with Gasteiger partial charge in [-0.3, -0.25) is 14.4 Å². The highest BCUT2D eigenvalue weighted by Gasteiger charge is 2.50. The predicted molar refractivity (Wildman–Crippen MR) is 79.1 cm³/mol. The molecule has 0 unspecified atom stereocenters. The fourth-order valence-electron chi connectivity index (χ4n) is 2.27. The van der Waals surface area contributed by atoms with Crippen LogP contribution in [0.2, 0.25) is 0 Å². The van der Waals surface area contributed by atoms with Gasteiger partial charge in [0.05, 0.1) is 6.10 Å². The maximum atomic E-state index is 11.4. The Labute approximate surface area is 134 Å². The Morgan fingerprint density at radius 1 is 0.909 bits per heavy atom. The highest BCUT2D eigenvalue weighted by atomic mass is 32.2. The van der Waals surface area contributed by atoms with Gasteiger partial charge in [0.25, 0.3) is 0 Å². The van der Waals surface area contributed by atoms with Crippen molar-refractivity contribution < 1.29 is 33.3 Å². The van der Waals surface area contributed by atoms with Gasteiger partial charge in [-0.15, -0.1) is 11.8 Å². The zero-order valence-electron chi connectivity index (χ0n) is 13.4. The number of carbonyl (C=O) groups is 3. The van der Waals surface area contributed by atoms with E-state index in [4.69, 9.17) is 18.9 Å². The highest BCUT2D eigenvalue weighted by Crippen LogP contribution is 2.33. The Morgan fingerprint density at radius 3 is 1.82 bits per heavy atom. The SMILES string of the molecule is CCS[C@@H]1O[C@H](C)[C@H](OC(C)=O)[C@H](OC(C)=O)[C@H]1OC(C)=O. The molecule has 7 nitrogen and oxygen atoms in total. The van der Waals surface area contributed by atoms with Crippen LogP contribution in [0.3, 0.4) is 0 Å². The molecule has 8 heteroatoms. The molecule has 5 atom stereocenters. The molecule has 0 spiro atoms. The number of carbonyl (C=O) groups excluding carboxylic acids is 3. The third-order valence-electron chi connectivity index (χ3n) is 2.96. The van der Waals surface area contributed by atoms with E-state index in [-0.39, 0.29) is 0 Å². The predicted octanol–water partition coefficient (Wildman–Crippen LogP) is 1.28. The van der Waals surface area contributed by atoms with Crippen LogP contribution in [0.25, 0.3) is 0 Å². The van der Waals surface area contributed by atoms with E-state index < -0.39 is 47.8 Å². The van der Waals surface area contributed by atoms with Gasteiger partial charge >= 0.3 is 17.9 Å². The minimum Gasteiger partial charge on any atom is -0.456 e. The average molecular weight is 334 g/mol. The Balaban J connectivity index is 3.09. The number of rotatable bonds is 5. The highest BCUT2D eigenvalue weighted by molar-refractivity contribution is 7.99. The van der Waals surface area contributed by atoms with Crippen molar-refractivity contribution in [3.05, 3.63) is 0 Å². The van der Waals surface area contributed by atoms with Gasteiger partial charge < -0.3 is 18.9 Å². The summed E-state index contributed by atoms with van der Waals surface area (Å²) in [4.78, 5) is 34.1. The summed E-state index contributed by atoms with van der Waals surface area (Å²) in [5.74, 6) is -0.877. The first-order valence-electron chi connectivity index (χ1n) is 7.05. The lowest BCUT2D eigenvalue weighted by atomic mass is 10.00. The van der Waals surface area contributed by atoms with Gasteiger partial charge in [0.2, 0.25) is 0 Å². The third-order valence-corrected chi connectivity index (χ3v) is 4.01. The van der Waals surface area contributed by atoms with E-state index in [0.29, 0.717) is 0 Å². The van der Waals surface area contributed by atoms with Crippen molar-refractivity contribution in [2.45, 2.75) is 64.5 Å². The average Bonchev–Trinajstić information content (AvgIpc) is 2.37. The second-order valence-electron chi connectivity index (χ2n) is 4.89. The summed E-state index contributed by atoms with van der Waals surface area (Å²) in [7, 11) is 0. The molecule has 0 aliphatic carbocycles. The molecular weight excluding hydrogens is 312 g/mol. The third kappa shape index (κ3) is 5.17. The molecule has 0 N–H and O–H groups in total. The van der Waals surface area contributed by atoms with Gasteiger partial charge in [-0.1, -0.05) is 6.92 Å². The van der Waals surface area contributed by atoms with Crippen LogP contribution in [0.1, 0.15) is 34.6 Å². The van der Waals surface area contributed by atoms with Crippen LogP contribution in [0, 0.1) is 0 Å². The minimum absolute atomic E-state index is 0.496. The Bertz CT molecular complexity index is 425. The lowest BCUT2D eigenvalue weighted by molar-refractivity contribution is -0.228. The molecule has 1 saturated heterocycles. The van der Waals surface area contributed by atoms with Crippen LogP contribution in [0.4, 0.5) is 0 Å². The molecule has 1 rings (SSSR count). The van der Waals surface area contributed by atoms with Gasteiger partial charge in [0, 0.05) is 20.8 Å². The molecular formula is C14H22O7S. The molecule has 1 fully saturated rings. The standard InChI is InChI=1S/C14H22O7S/c1-6-22-14-13(21-10(5)17)12(20-9(4)16)11(7(2)18-14)19-8(3)15/h7,11-14H,6H2,1-5H3/t7-,11+,12+,13-,14+/m1/s1. The number of hydrogen-bond donors (Lipinski definition) is 0. The number of hydrogen-bond acceptors (Lipinski definition) is 8. The maximum Gasteiger partial charge on any atom is 0.303 e. The summed E-state index contributed by atoms with van der Waals surface area (Å²) in [6.45, 7) is 7.42. The van der Waals surface area contributed by atoms with Gasteiger partial charge in [0.1, 0.15) is 5.44 Å². The molecule has 0 saturated carbocycles. The summed E-state index contributed by atoms with van der Waals surface area (Å²) in [5, 5.41) is 0. The summed E-state index contributed by atoms with van der Waals surface area (Å²) in [6.07, 6.45) is -3.08. The van der Waals surface area contributed by atoms with Gasteiger partial charge in [-0.25, -0.2) is 0 Å². The second kappa shape index (κ2) is 8.38.